The van der Waals surface area contributed by atoms with Crippen molar-refractivity contribution in [1.29, 1.82) is 0 Å². The van der Waals surface area contributed by atoms with E-state index in [1.807, 2.05) is 0 Å². The predicted octanol–water partition coefficient (Wildman–Crippen LogP) is 15.5. The molecule has 2 aliphatic rings. The van der Waals surface area contributed by atoms with E-state index in [2.05, 4.69) is 184 Å². The largest absolute Gasteiger partial charge is 0.486 e. The summed E-state index contributed by atoms with van der Waals surface area (Å²) in [5.41, 5.74) is 11.3. The maximum Gasteiger partial charge on any atom is 0.124 e. The van der Waals surface area contributed by atoms with Crippen molar-refractivity contribution in [1.82, 2.24) is 0 Å². The number of ether oxygens (including phenoxy) is 1. The first kappa shape index (κ1) is 32.8. The summed E-state index contributed by atoms with van der Waals surface area (Å²) in [5, 5.41) is 12.9. The van der Waals surface area contributed by atoms with Crippen molar-refractivity contribution >= 4 is 53.9 Å². The molecule has 0 aromatic heterocycles. The Balaban J connectivity index is 1.23. The Bertz CT molecular complexity index is 3240. The molecule has 0 spiro atoms. The molecule has 2 atom stereocenters. The number of rotatable bonds is 4. The minimum atomic E-state index is -0.172. The summed E-state index contributed by atoms with van der Waals surface area (Å²) in [7, 11) is 0. The number of hydrogen-bond acceptors (Lipinski definition) is 1. The van der Waals surface area contributed by atoms with E-state index in [9.17, 15) is 0 Å². The highest BCUT2D eigenvalue weighted by atomic mass is 16.5. The molecule has 1 aliphatic heterocycles. The maximum atomic E-state index is 6.85. The third kappa shape index (κ3) is 4.63. The Labute approximate surface area is 333 Å². The molecule has 57 heavy (non-hydrogen) atoms. The molecule has 12 rings (SSSR count). The molecule has 1 saturated carbocycles. The second kappa shape index (κ2) is 12.0. The first-order valence-corrected chi connectivity index (χ1v) is 20.6. The fourth-order valence-electron chi connectivity index (χ4n) is 11.0. The lowest BCUT2D eigenvalue weighted by Crippen LogP contribution is -2.49. The molecule has 0 saturated heterocycles. The second-order valence-corrected chi connectivity index (χ2v) is 17.0. The Hall–Kier alpha value is -6.44. The van der Waals surface area contributed by atoms with Crippen LogP contribution in [-0.4, -0.2) is 5.60 Å². The van der Waals surface area contributed by atoms with Gasteiger partial charge in [-0.25, -0.2) is 0 Å². The van der Waals surface area contributed by atoms with E-state index >= 15 is 0 Å². The van der Waals surface area contributed by atoms with Gasteiger partial charge in [0.1, 0.15) is 11.4 Å². The van der Waals surface area contributed by atoms with E-state index in [0.717, 1.165) is 18.6 Å². The van der Waals surface area contributed by atoms with Crippen LogP contribution in [0.4, 0.5) is 0 Å². The van der Waals surface area contributed by atoms with Gasteiger partial charge >= 0.3 is 0 Å². The molecule has 1 fully saturated rings. The Kier molecular flexibility index (Phi) is 6.92. The summed E-state index contributed by atoms with van der Waals surface area (Å²) in [6.45, 7) is 4.80. The molecular weight excluding hydrogens is 689 g/mol. The molecule has 1 aliphatic carbocycles. The Morgan fingerprint density at radius 2 is 0.895 bits per heavy atom. The topological polar surface area (TPSA) is 9.23 Å². The van der Waals surface area contributed by atoms with Crippen LogP contribution in [0.25, 0.3) is 98.4 Å². The summed E-state index contributed by atoms with van der Waals surface area (Å²) in [6.07, 6.45) is 4.72. The Morgan fingerprint density at radius 3 is 1.51 bits per heavy atom. The number of hydrogen-bond donors (Lipinski definition) is 0. The van der Waals surface area contributed by atoms with Gasteiger partial charge in [-0.3, -0.25) is 0 Å². The summed E-state index contributed by atoms with van der Waals surface area (Å²) in [4.78, 5) is 0. The standard InChI is InChI=1S/C56H42O/c1-55-30-10-11-31-56(55,2)57-52-29-24-38(32-51(52)55)48-34-50(42-23-13-19-36-17-7-9-21-40(36)42)46-27-25-43-47(37-14-4-3-5-15-37)33-49(45-28-26-44(48)54(46)53(43)45)41-22-12-18-35-16-6-8-20-39(35)41/h3-9,12-29,32-34H,10-11,30-31H2,1-2H3. The summed E-state index contributed by atoms with van der Waals surface area (Å²) in [5.74, 6) is 1.06. The molecule has 1 nitrogen and oxygen atoms in total. The zero-order valence-corrected chi connectivity index (χ0v) is 32.4. The van der Waals surface area contributed by atoms with Crippen molar-refractivity contribution in [2.45, 2.75) is 50.5 Å². The maximum absolute atomic E-state index is 6.85. The van der Waals surface area contributed by atoms with Gasteiger partial charge in [-0.15, -0.1) is 0 Å². The van der Waals surface area contributed by atoms with Crippen molar-refractivity contribution in [2.75, 3.05) is 0 Å². The number of benzene rings is 10. The van der Waals surface area contributed by atoms with Gasteiger partial charge in [0.05, 0.1) is 0 Å². The highest BCUT2D eigenvalue weighted by Gasteiger charge is 2.55. The first-order valence-electron chi connectivity index (χ1n) is 20.6. The molecule has 0 amide bonds. The molecule has 0 N–H and O–H groups in total. The van der Waals surface area contributed by atoms with Crippen LogP contribution in [0.2, 0.25) is 0 Å². The van der Waals surface area contributed by atoms with Crippen molar-refractivity contribution in [2.24, 2.45) is 0 Å². The lowest BCUT2D eigenvalue weighted by molar-refractivity contribution is 0.00740. The number of fused-ring (bicyclic) bond motifs is 5. The SMILES string of the molecule is CC12CCCCC1(C)c1cc(-c3cc(-c4cccc5ccccc45)c4ccc5c(-c6ccccc6)cc(-c6cccc7ccccc67)c6ccc3c4c56)ccc1O2. The minimum absolute atomic E-state index is 0.0171. The normalized spacial score (nSPS) is 19.1. The lowest BCUT2D eigenvalue weighted by Gasteiger charge is -2.43. The molecule has 1 heteroatoms. The molecule has 10 aromatic carbocycles. The smallest absolute Gasteiger partial charge is 0.124 e. The third-order valence-electron chi connectivity index (χ3n) is 14.1. The average Bonchev–Trinajstić information content (AvgIpc) is 3.50. The van der Waals surface area contributed by atoms with Gasteiger partial charge in [-0.05, 0) is 149 Å². The summed E-state index contributed by atoms with van der Waals surface area (Å²) < 4.78 is 6.85. The highest BCUT2D eigenvalue weighted by molar-refractivity contribution is 6.32. The van der Waals surface area contributed by atoms with Crippen LogP contribution in [-0.2, 0) is 5.41 Å². The van der Waals surface area contributed by atoms with Gasteiger partial charge in [0, 0.05) is 11.0 Å². The van der Waals surface area contributed by atoms with Crippen LogP contribution in [0.5, 0.6) is 5.75 Å². The van der Waals surface area contributed by atoms with Crippen molar-refractivity contribution < 1.29 is 4.74 Å². The highest BCUT2D eigenvalue weighted by Crippen LogP contribution is 2.57. The molecule has 272 valence electrons. The molecule has 10 aromatic rings. The van der Waals surface area contributed by atoms with Gasteiger partial charge in [0.15, 0.2) is 0 Å². The van der Waals surface area contributed by atoms with Gasteiger partial charge < -0.3 is 4.74 Å². The van der Waals surface area contributed by atoms with Crippen LogP contribution in [0.1, 0.15) is 45.1 Å². The van der Waals surface area contributed by atoms with E-state index in [1.54, 1.807) is 0 Å². The average molecular weight is 731 g/mol. The van der Waals surface area contributed by atoms with Crippen LogP contribution in [0.15, 0.2) is 170 Å². The van der Waals surface area contributed by atoms with Gasteiger partial charge in [-0.2, -0.15) is 0 Å². The van der Waals surface area contributed by atoms with Gasteiger partial charge in [0.2, 0.25) is 0 Å². The quantitative estimate of drug-likeness (QED) is 0.164. The van der Waals surface area contributed by atoms with Crippen LogP contribution in [0, 0.1) is 0 Å². The van der Waals surface area contributed by atoms with Gasteiger partial charge in [-0.1, -0.05) is 159 Å². The van der Waals surface area contributed by atoms with Crippen molar-refractivity contribution in [3.63, 3.8) is 0 Å². The van der Waals surface area contributed by atoms with Crippen LogP contribution in [0.3, 0.4) is 0 Å². The van der Waals surface area contributed by atoms with Gasteiger partial charge in [0.25, 0.3) is 0 Å². The van der Waals surface area contributed by atoms with E-state index in [4.69, 9.17) is 4.74 Å². The van der Waals surface area contributed by atoms with Crippen molar-refractivity contribution in [3.05, 3.63) is 175 Å². The molecule has 2 unspecified atom stereocenters. The van der Waals surface area contributed by atoms with Crippen molar-refractivity contribution in [3.8, 4) is 50.3 Å². The zero-order chi connectivity index (χ0) is 37.9. The summed E-state index contributed by atoms with van der Waals surface area (Å²) in [6, 6.07) is 63.8. The first-order chi connectivity index (χ1) is 28.0. The van der Waals surface area contributed by atoms with Crippen LogP contribution < -0.4 is 4.74 Å². The lowest BCUT2D eigenvalue weighted by atomic mass is 9.63. The second-order valence-electron chi connectivity index (χ2n) is 17.0. The molecule has 0 radical (unpaired) electrons. The fraction of sp³-hybridized carbons (Fsp3) is 0.143. The fourth-order valence-corrected chi connectivity index (χ4v) is 11.0. The zero-order valence-electron chi connectivity index (χ0n) is 32.4. The predicted molar refractivity (Wildman–Crippen MR) is 242 cm³/mol. The van der Waals surface area contributed by atoms with E-state index in [-0.39, 0.29) is 11.0 Å². The van der Waals surface area contributed by atoms with E-state index in [1.165, 1.54) is 117 Å². The molecule has 1 heterocycles. The third-order valence-corrected chi connectivity index (χ3v) is 14.1. The summed E-state index contributed by atoms with van der Waals surface area (Å²) >= 11 is 0. The van der Waals surface area contributed by atoms with E-state index in [0.29, 0.717) is 0 Å². The minimum Gasteiger partial charge on any atom is -0.486 e. The van der Waals surface area contributed by atoms with Crippen LogP contribution >= 0.6 is 0 Å². The molecule has 0 bridgehead atoms. The Morgan fingerprint density at radius 1 is 0.386 bits per heavy atom. The monoisotopic (exact) mass is 730 g/mol. The molecular formula is C56H42O. The van der Waals surface area contributed by atoms with E-state index < -0.39 is 0 Å².